The van der Waals surface area contributed by atoms with Crippen molar-refractivity contribution < 1.29 is 48.1 Å². The van der Waals surface area contributed by atoms with E-state index >= 15 is 0 Å². The van der Waals surface area contributed by atoms with Gasteiger partial charge in [0.15, 0.2) is 5.78 Å². The second-order valence-electron chi connectivity index (χ2n) is 16.9. The first-order valence-corrected chi connectivity index (χ1v) is 21.8. The second kappa shape index (κ2) is 17.2. The van der Waals surface area contributed by atoms with E-state index in [4.69, 9.17) is 18.9 Å². The average molecular weight is 738 g/mol. The number of unbranched alkanes of at least 4 members (excludes halogenated alkanes) is 6. The number of hydrogen-bond acceptors (Lipinski definition) is 9. The lowest BCUT2D eigenvalue weighted by Gasteiger charge is -2.65. The van der Waals surface area contributed by atoms with E-state index in [1.54, 1.807) is 6.08 Å². The highest BCUT2D eigenvalue weighted by atomic mass is 31.2. The van der Waals surface area contributed by atoms with Gasteiger partial charge in [-0.05, 0) is 112 Å². The third-order valence-electron chi connectivity index (χ3n) is 13.8. The molecule has 1 heterocycles. The molecule has 290 valence electrons. The maximum absolute atomic E-state index is 12.7. The maximum Gasteiger partial charge on any atom is 0.331 e. The van der Waals surface area contributed by atoms with Crippen LogP contribution in [0.2, 0.25) is 0 Å². The summed E-state index contributed by atoms with van der Waals surface area (Å²) in [6, 6.07) is 0. The van der Waals surface area contributed by atoms with Gasteiger partial charge in [0.2, 0.25) is 5.91 Å². The van der Waals surface area contributed by atoms with Crippen LogP contribution in [0, 0.1) is 34.5 Å². The lowest BCUT2D eigenvalue weighted by Crippen LogP contribution is -2.67. The van der Waals surface area contributed by atoms with Crippen molar-refractivity contribution >= 4 is 25.3 Å². The third-order valence-corrected chi connectivity index (χ3v) is 14.5. The SMILES string of the molecule is CC12CCC(OCC(=O)CCCCCCC(=O)NCCCCCCOP(C)(=O)O)CC1CCC1C2CC(O)C2(C)C(C3=CC(=O)OC3)CCC12O. The number of hydrogen-bond donors (Lipinski definition) is 4. The highest BCUT2D eigenvalue weighted by Gasteiger charge is 2.70. The fourth-order valence-electron chi connectivity index (χ4n) is 10.9. The van der Waals surface area contributed by atoms with Crippen LogP contribution < -0.4 is 5.32 Å². The molecule has 51 heavy (non-hydrogen) atoms. The molecule has 0 bridgehead atoms. The van der Waals surface area contributed by atoms with Crippen molar-refractivity contribution in [1.29, 1.82) is 0 Å². The van der Waals surface area contributed by atoms with Crippen LogP contribution in [0.25, 0.3) is 0 Å². The van der Waals surface area contributed by atoms with Gasteiger partial charge >= 0.3 is 13.6 Å². The summed E-state index contributed by atoms with van der Waals surface area (Å²) in [4.78, 5) is 45.7. The predicted molar refractivity (Wildman–Crippen MR) is 193 cm³/mol. The standard InChI is InChI=1S/C39H64NO10P/c1-37-18-16-30(48-26-29(41)12-8-4-5-9-13-35(43)40-20-10-6-7-11-21-50-51(3,46)47)23-28(37)14-15-32-33(37)24-34(42)38(2)31(17-19-39(32,38)45)27-22-36(44)49-25-27/h22,28,30-34,42,45H,4-21,23-26H2,1-3H3,(H,40,43)(H,46,47). The number of amides is 1. The molecule has 0 spiro atoms. The maximum atomic E-state index is 12.7. The Labute approximate surface area is 304 Å². The van der Waals surface area contributed by atoms with Crippen LogP contribution in [-0.4, -0.2) is 83.6 Å². The van der Waals surface area contributed by atoms with Gasteiger partial charge in [-0.3, -0.25) is 14.2 Å². The van der Waals surface area contributed by atoms with Gasteiger partial charge in [-0.15, -0.1) is 0 Å². The van der Waals surface area contributed by atoms with Crippen molar-refractivity contribution in [2.75, 3.05) is 33.0 Å². The molecular formula is C39H64NO10P. The van der Waals surface area contributed by atoms with E-state index in [2.05, 4.69) is 12.2 Å². The summed E-state index contributed by atoms with van der Waals surface area (Å²) in [6.07, 6.45) is 15.6. The summed E-state index contributed by atoms with van der Waals surface area (Å²) in [5.41, 5.74) is -0.746. The normalized spacial score (nSPS) is 37.1. The Kier molecular flexibility index (Phi) is 13.7. The fourth-order valence-corrected chi connectivity index (χ4v) is 11.3. The molecule has 0 saturated heterocycles. The molecule has 5 rings (SSSR count). The molecule has 5 aliphatic rings. The van der Waals surface area contributed by atoms with Gasteiger partial charge in [0.05, 0.1) is 24.4 Å². The molecule has 10 unspecified atom stereocenters. The Morgan fingerprint density at radius 2 is 1.69 bits per heavy atom. The zero-order valence-corrected chi connectivity index (χ0v) is 32.1. The number of fused-ring (bicyclic) bond motifs is 5. The number of rotatable bonds is 19. The molecule has 4 saturated carbocycles. The molecule has 0 aromatic heterocycles. The zero-order chi connectivity index (χ0) is 36.9. The van der Waals surface area contributed by atoms with Gasteiger partial charge in [-0.2, -0.15) is 0 Å². The quantitative estimate of drug-likeness (QED) is 0.0699. The van der Waals surface area contributed by atoms with E-state index < -0.39 is 24.7 Å². The number of ketones is 1. The minimum atomic E-state index is -3.39. The smallest absolute Gasteiger partial charge is 0.331 e. The Bertz CT molecular complexity index is 1320. The molecule has 11 nitrogen and oxygen atoms in total. The van der Waals surface area contributed by atoms with Crippen LogP contribution in [0.3, 0.4) is 0 Å². The number of esters is 1. The summed E-state index contributed by atoms with van der Waals surface area (Å²) in [5, 5.41) is 27.2. The Morgan fingerprint density at radius 3 is 2.41 bits per heavy atom. The van der Waals surface area contributed by atoms with Crippen LogP contribution in [0.5, 0.6) is 0 Å². The number of ether oxygens (including phenoxy) is 2. The minimum Gasteiger partial charge on any atom is -0.458 e. The number of carbonyl (C=O) groups excluding carboxylic acids is 3. The summed E-state index contributed by atoms with van der Waals surface area (Å²) < 4.78 is 27.4. The first-order valence-electron chi connectivity index (χ1n) is 19.8. The summed E-state index contributed by atoms with van der Waals surface area (Å²) >= 11 is 0. The topological polar surface area (TPSA) is 169 Å². The largest absolute Gasteiger partial charge is 0.458 e. The molecular weight excluding hydrogens is 673 g/mol. The van der Waals surface area contributed by atoms with Crippen molar-refractivity contribution in [2.24, 2.45) is 34.5 Å². The average Bonchev–Trinajstić information content (AvgIpc) is 3.63. The third kappa shape index (κ3) is 9.37. The number of Topliss-reactive ketones (excluding diaryl/α,β-unsaturated/α-hetero) is 1. The van der Waals surface area contributed by atoms with Crippen molar-refractivity contribution in [3.8, 4) is 0 Å². The molecule has 10 atom stereocenters. The number of nitrogens with one attached hydrogen (secondary N) is 1. The Morgan fingerprint density at radius 1 is 0.961 bits per heavy atom. The van der Waals surface area contributed by atoms with Crippen LogP contribution in [0.15, 0.2) is 11.6 Å². The Hall–Kier alpha value is -1.62. The predicted octanol–water partition coefficient (Wildman–Crippen LogP) is 6.02. The van der Waals surface area contributed by atoms with Crippen LogP contribution in [0.1, 0.15) is 129 Å². The van der Waals surface area contributed by atoms with E-state index in [0.29, 0.717) is 38.1 Å². The number of aliphatic hydroxyl groups is 2. The van der Waals surface area contributed by atoms with Crippen LogP contribution >= 0.6 is 7.60 Å². The van der Waals surface area contributed by atoms with E-state index in [1.807, 2.05) is 6.92 Å². The zero-order valence-electron chi connectivity index (χ0n) is 31.2. The number of aliphatic hydroxyl groups excluding tert-OH is 1. The first-order chi connectivity index (χ1) is 24.2. The van der Waals surface area contributed by atoms with Crippen molar-refractivity contribution in [3.05, 3.63) is 11.6 Å². The lowest BCUT2D eigenvalue weighted by atomic mass is 9.42. The molecule has 0 radical (unpaired) electrons. The molecule has 4 aliphatic carbocycles. The monoisotopic (exact) mass is 737 g/mol. The summed E-state index contributed by atoms with van der Waals surface area (Å²) in [5.74, 6) is 0.584. The van der Waals surface area contributed by atoms with Crippen LogP contribution in [-0.2, 0) is 32.9 Å². The highest BCUT2D eigenvalue weighted by Crippen LogP contribution is 2.70. The molecule has 12 heteroatoms. The van der Waals surface area contributed by atoms with Gasteiger partial charge in [0.25, 0.3) is 0 Å². The van der Waals surface area contributed by atoms with Gasteiger partial charge in [-0.25, -0.2) is 4.79 Å². The minimum absolute atomic E-state index is 0.00614. The van der Waals surface area contributed by atoms with Gasteiger partial charge < -0.3 is 34.4 Å². The second-order valence-corrected chi connectivity index (χ2v) is 18.8. The van der Waals surface area contributed by atoms with Gasteiger partial charge in [0.1, 0.15) is 13.2 Å². The molecule has 4 fully saturated rings. The molecule has 4 N–H and O–H groups in total. The number of cyclic esters (lactones) is 1. The van der Waals surface area contributed by atoms with E-state index in [-0.39, 0.29) is 66.8 Å². The summed E-state index contributed by atoms with van der Waals surface area (Å²) in [7, 11) is -3.39. The highest BCUT2D eigenvalue weighted by molar-refractivity contribution is 7.51. The van der Waals surface area contributed by atoms with E-state index in [0.717, 1.165) is 95.5 Å². The van der Waals surface area contributed by atoms with Crippen molar-refractivity contribution in [2.45, 2.75) is 147 Å². The molecule has 1 amide bonds. The number of carbonyl (C=O) groups is 3. The lowest BCUT2D eigenvalue weighted by molar-refractivity contribution is -0.245. The van der Waals surface area contributed by atoms with Crippen LogP contribution in [0.4, 0.5) is 0 Å². The first kappa shape index (κ1) is 40.6. The molecule has 0 aromatic rings. The van der Waals surface area contributed by atoms with Crippen molar-refractivity contribution in [1.82, 2.24) is 5.32 Å². The fraction of sp³-hybridized carbons (Fsp3) is 0.872. The van der Waals surface area contributed by atoms with E-state index in [1.165, 1.54) is 6.66 Å². The van der Waals surface area contributed by atoms with Gasteiger partial charge in [-0.1, -0.05) is 39.5 Å². The van der Waals surface area contributed by atoms with Gasteiger partial charge in [0, 0.05) is 37.5 Å². The van der Waals surface area contributed by atoms with E-state index in [9.17, 15) is 29.2 Å². The molecule has 0 aromatic carbocycles. The summed E-state index contributed by atoms with van der Waals surface area (Å²) in [6.45, 7) is 6.92. The van der Waals surface area contributed by atoms with Crippen molar-refractivity contribution in [3.63, 3.8) is 0 Å². The molecule has 1 aliphatic heterocycles. The Balaban J connectivity index is 0.951.